The monoisotopic (exact) mass is 296 g/mol. The van der Waals surface area contributed by atoms with Crippen LogP contribution in [0.1, 0.15) is 5.56 Å². The average Bonchev–Trinajstić information content (AvgIpc) is 3.13. The molecular weight excluding hydrogens is 284 g/mol. The lowest BCUT2D eigenvalue weighted by Crippen LogP contribution is -2.35. The van der Waals surface area contributed by atoms with E-state index in [1.54, 1.807) is 24.3 Å². The molecule has 2 heterocycles. The molecule has 22 heavy (non-hydrogen) atoms. The van der Waals surface area contributed by atoms with Crippen LogP contribution in [0.5, 0.6) is 0 Å². The molecule has 7 nitrogen and oxygen atoms in total. The van der Waals surface area contributed by atoms with Crippen molar-refractivity contribution in [3.63, 3.8) is 0 Å². The Hall–Kier alpha value is -3.35. The number of para-hydroxylation sites is 2. The summed E-state index contributed by atoms with van der Waals surface area (Å²) in [7, 11) is 0. The smallest absolute Gasteiger partial charge is 0.325 e. The molecule has 1 aromatic carbocycles. The van der Waals surface area contributed by atoms with E-state index in [0.29, 0.717) is 11.1 Å². The number of fused-ring (bicyclic) bond motifs is 1. The Morgan fingerprint density at radius 2 is 2.18 bits per heavy atom. The number of furan rings is 1. The third-order valence-electron chi connectivity index (χ3n) is 2.72. The first-order valence-corrected chi connectivity index (χ1v) is 6.42. The molecule has 3 N–H and O–H groups in total. The Morgan fingerprint density at radius 1 is 1.32 bits per heavy atom. The largest absolute Gasteiger partial charge is 0.472 e. The topological polar surface area (TPSA) is 107 Å². The fourth-order valence-electron chi connectivity index (χ4n) is 1.75. The number of aromatic nitrogens is 1. The molecule has 0 aliphatic rings. The van der Waals surface area contributed by atoms with Gasteiger partial charge in [0.25, 0.3) is 5.91 Å². The quantitative estimate of drug-likeness (QED) is 0.437. The fraction of sp³-hybridized carbons (Fsp3) is 0. The summed E-state index contributed by atoms with van der Waals surface area (Å²) in [5, 5.41) is 2.41. The number of amides is 1. The second-order valence-electron chi connectivity index (χ2n) is 4.34. The molecule has 0 aliphatic heterocycles. The molecule has 0 spiro atoms. The lowest BCUT2D eigenvalue weighted by Gasteiger charge is -1.98. The first-order chi connectivity index (χ1) is 10.7. The summed E-state index contributed by atoms with van der Waals surface area (Å²) in [5.74, 6) is -0.521. The molecule has 3 aromatic rings. The summed E-state index contributed by atoms with van der Waals surface area (Å²) in [5.41, 5.74) is 7.68. The Kier molecular flexibility index (Phi) is 3.69. The molecule has 0 aliphatic carbocycles. The molecule has 0 atom stereocenters. The molecule has 2 aromatic heterocycles. The number of nitrogens with two attached hydrogens (primary N) is 1. The van der Waals surface area contributed by atoms with Crippen LogP contribution in [0.3, 0.4) is 0 Å². The number of nitrogens with zero attached hydrogens (tertiary/aromatic N) is 2. The van der Waals surface area contributed by atoms with Crippen molar-refractivity contribution in [3.05, 3.63) is 54.5 Å². The van der Waals surface area contributed by atoms with Crippen LogP contribution >= 0.6 is 0 Å². The highest BCUT2D eigenvalue weighted by molar-refractivity contribution is 6.03. The number of hydrogen-bond acceptors (Lipinski definition) is 5. The minimum absolute atomic E-state index is 0.0813. The van der Waals surface area contributed by atoms with Crippen LogP contribution in [0, 0.1) is 0 Å². The zero-order chi connectivity index (χ0) is 15.4. The maximum Gasteiger partial charge on any atom is 0.325 e. The molecule has 7 heteroatoms. The van der Waals surface area contributed by atoms with E-state index in [-0.39, 0.29) is 12.0 Å². The van der Waals surface area contributed by atoms with Crippen LogP contribution < -0.4 is 11.1 Å². The summed E-state index contributed by atoms with van der Waals surface area (Å²) >= 11 is 0. The number of guanidine groups is 1. The molecule has 3 rings (SSSR count). The highest BCUT2D eigenvalue weighted by Crippen LogP contribution is 2.19. The molecular formula is C15H12N4O3. The number of rotatable bonds is 3. The van der Waals surface area contributed by atoms with Crippen LogP contribution in [0.25, 0.3) is 17.2 Å². The van der Waals surface area contributed by atoms with E-state index < -0.39 is 5.91 Å². The van der Waals surface area contributed by atoms with Crippen LogP contribution in [-0.2, 0) is 4.79 Å². The molecule has 1 amide bonds. The maximum absolute atomic E-state index is 11.7. The minimum Gasteiger partial charge on any atom is -0.472 e. The van der Waals surface area contributed by atoms with E-state index in [9.17, 15) is 4.79 Å². The van der Waals surface area contributed by atoms with Gasteiger partial charge in [0.15, 0.2) is 5.58 Å². The van der Waals surface area contributed by atoms with E-state index in [2.05, 4.69) is 15.3 Å². The zero-order valence-corrected chi connectivity index (χ0v) is 11.4. The Labute approximate surface area is 125 Å². The maximum atomic E-state index is 11.7. The third kappa shape index (κ3) is 3.21. The highest BCUT2D eigenvalue weighted by atomic mass is 16.4. The number of hydrogen-bond donors (Lipinski definition) is 2. The first-order valence-electron chi connectivity index (χ1n) is 6.42. The van der Waals surface area contributed by atoms with Crippen molar-refractivity contribution in [1.82, 2.24) is 10.3 Å². The summed E-state index contributed by atoms with van der Waals surface area (Å²) < 4.78 is 10.3. The van der Waals surface area contributed by atoms with Crippen LogP contribution in [0.4, 0.5) is 6.01 Å². The standard InChI is InChI=1S/C15H12N4O3/c16-14(18-13(20)6-5-10-7-8-21-9-10)19-15-17-11-3-1-2-4-12(11)22-15/h1-9H,(H3,16,17,18,19,20)/b6-5+. The lowest BCUT2D eigenvalue weighted by molar-refractivity contribution is -0.115. The minimum atomic E-state index is -0.418. The fourth-order valence-corrected chi connectivity index (χ4v) is 1.75. The van der Waals surface area contributed by atoms with Crippen molar-refractivity contribution in [1.29, 1.82) is 0 Å². The van der Waals surface area contributed by atoms with Crippen molar-refractivity contribution in [2.45, 2.75) is 0 Å². The van der Waals surface area contributed by atoms with Gasteiger partial charge in [0.05, 0.1) is 12.5 Å². The van der Waals surface area contributed by atoms with E-state index >= 15 is 0 Å². The number of aliphatic imine (C=N–C) groups is 1. The molecule has 0 saturated carbocycles. The van der Waals surface area contributed by atoms with Crippen molar-refractivity contribution in [2.24, 2.45) is 10.7 Å². The van der Waals surface area contributed by atoms with Gasteiger partial charge in [-0.3, -0.25) is 10.1 Å². The summed E-state index contributed by atoms with van der Waals surface area (Å²) in [6.07, 6.45) is 5.94. The van der Waals surface area contributed by atoms with Crippen molar-refractivity contribution in [3.8, 4) is 0 Å². The van der Waals surface area contributed by atoms with E-state index in [0.717, 1.165) is 5.56 Å². The predicted octanol–water partition coefficient (Wildman–Crippen LogP) is 2.20. The van der Waals surface area contributed by atoms with Gasteiger partial charge in [-0.2, -0.15) is 9.98 Å². The van der Waals surface area contributed by atoms with Gasteiger partial charge in [0.1, 0.15) is 5.52 Å². The number of nitrogens with one attached hydrogen (secondary N) is 1. The van der Waals surface area contributed by atoms with Crippen LogP contribution in [0.2, 0.25) is 0 Å². The number of oxazole rings is 1. The van der Waals surface area contributed by atoms with Gasteiger partial charge < -0.3 is 14.6 Å². The van der Waals surface area contributed by atoms with Crippen molar-refractivity contribution in [2.75, 3.05) is 0 Å². The first kappa shape index (κ1) is 13.6. The van der Waals surface area contributed by atoms with Gasteiger partial charge in [0, 0.05) is 11.6 Å². The average molecular weight is 296 g/mol. The molecule has 0 unspecified atom stereocenters. The molecule has 0 bridgehead atoms. The van der Waals surface area contributed by atoms with Crippen molar-refractivity contribution < 1.29 is 13.6 Å². The summed E-state index contributed by atoms with van der Waals surface area (Å²) in [4.78, 5) is 19.7. The molecule has 0 saturated heterocycles. The van der Waals surface area contributed by atoms with Crippen LogP contribution in [0.15, 0.2) is 62.8 Å². The van der Waals surface area contributed by atoms with Gasteiger partial charge in [-0.25, -0.2) is 0 Å². The van der Waals surface area contributed by atoms with Gasteiger partial charge in [-0.15, -0.1) is 0 Å². The van der Waals surface area contributed by atoms with E-state index in [4.69, 9.17) is 14.6 Å². The predicted molar refractivity (Wildman–Crippen MR) is 81.2 cm³/mol. The normalized spacial score (nSPS) is 12.1. The summed E-state index contributed by atoms with van der Waals surface area (Å²) in [6.45, 7) is 0. The molecule has 110 valence electrons. The van der Waals surface area contributed by atoms with Gasteiger partial charge in [-0.1, -0.05) is 12.1 Å². The second-order valence-corrected chi connectivity index (χ2v) is 4.34. The van der Waals surface area contributed by atoms with E-state index in [1.165, 1.54) is 18.6 Å². The number of carbonyl (C=O) groups is 1. The Balaban J connectivity index is 1.67. The van der Waals surface area contributed by atoms with Gasteiger partial charge in [0.2, 0.25) is 5.96 Å². The van der Waals surface area contributed by atoms with Crippen molar-refractivity contribution >= 4 is 35.1 Å². The van der Waals surface area contributed by atoms with Gasteiger partial charge in [-0.05, 0) is 24.3 Å². The zero-order valence-electron chi connectivity index (χ0n) is 11.4. The number of carbonyl (C=O) groups excluding carboxylic acids is 1. The van der Waals surface area contributed by atoms with Gasteiger partial charge >= 0.3 is 6.01 Å². The molecule has 0 fully saturated rings. The highest BCUT2D eigenvalue weighted by Gasteiger charge is 2.05. The Morgan fingerprint density at radius 3 is 2.95 bits per heavy atom. The lowest BCUT2D eigenvalue weighted by atomic mass is 10.3. The molecule has 0 radical (unpaired) electrons. The second kappa shape index (κ2) is 5.96. The summed E-state index contributed by atoms with van der Waals surface area (Å²) in [6, 6.07) is 9.03. The Bertz CT molecular complexity index is 814. The van der Waals surface area contributed by atoms with Crippen LogP contribution in [-0.4, -0.2) is 16.9 Å². The van der Waals surface area contributed by atoms with E-state index in [1.807, 2.05) is 12.1 Å². The third-order valence-corrected chi connectivity index (χ3v) is 2.72. The SMILES string of the molecule is NC(=Nc1nc2ccccc2o1)NC(=O)/C=C/c1ccoc1. The number of benzene rings is 1.